The van der Waals surface area contributed by atoms with Gasteiger partial charge in [0.1, 0.15) is 0 Å². The number of hydrogen-bond donors (Lipinski definition) is 1. The standard InChI is InChI=1S/C16H24N4O2/c1-3-4-8-16(18-19-16)9-5-15(22)20-10-6-14(7-11-20)12-17-13(2)21/h1,14H,4-12H2,2H3,(H,17,21). The number of rotatable bonds is 7. The monoisotopic (exact) mass is 304 g/mol. The third-order valence-electron chi connectivity index (χ3n) is 4.40. The van der Waals surface area contributed by atoms with Gasteiger partial charge in [0.05, 0.1) is 0 Å². The van der Waals surface area contributed by atoms with E-state index in [-0.39, 0.29) is 17.5 Å². The maximum Gasteiger partial charge on any atom is 0.222 e. The minimum absolute atomic E-state index is 0.00714. The summed E-state index contributed by atoms with van der Waals surface area (Å²) in [4.78, 5) is 25.1. The van der Waals surface area contributed by atoms with Crippen molar-refractivity contribution in [2.45, 2.75) is 51.1 Å². The molecular formula is C16H24N4O2. The Morgan fingerprint density at radius 2 is 2.00 bits per heavy atom. The van der Waals surface area contributed by atoms with Crippen LogP contribution in [-0.4, -0.2) is 42.0 Å². The highest BCUT2D eigenvalue weighted by atomic mass is 16.2. The molecule has 1 N–H and O–H groups in total. The molecule has 22 heavy (non-hydrogen) atoms. The molecule has 120 valence electrons. The fourth-order valence-electron chi connectivity index (χ4n) is 2.81. The number of terminal acetylenes is 1. The summed E-state index contributed by atoms with van der Waals surface area (Å²) in [5, 5.41) is 11.0. The van der Waals surface area contributed by atoms with Crippen molar-refractivity contribution >= 4 is 11.8 Å². The van der Waals surface area contributed by atoms with Gasteiger partial charge in [0.15, 0.2) is 5.66 Å². The van der Waals surface area contributed by atoms with E-state index in [1.807, 2.05) is 4.90 Å². The van der Waals surface area contributed by atoms with Crippen LogP contribution in [0.4, 0.5) is 0 Å². The first-order valence-corrected chi connectivity index (χ1v) is 7.94. The van der Waals surface area contributed by atoms with Gasteiger partial charge in [0.25, 0.3) is 0 Å². The molecule has 1 saturated heterocycles. The van der Waals surface area contributed by atoms with E-state index in [0.29, 0.717) is 31.7 Å². The van der Waals surface area contributed by atoms with E-state index in [4.69, 9.17) is 6.42 Å². The molecule has 6 nitrogen and oxygen atoms in total. The molecule has 2 amide bonds. The molecule has 2 heterocycles. The van der Waals surface area contributed by atoms with Crippen LogP contribution in [0, 0.1) is 18.3 Å². The quantitative estimate of drug-likeness (QED) is 0.727. The number of hydrogen-bond acceptors (Lipinski definition) is 4. The average molecular weight is 304 g/mol. The van der Waals surface area contributed by atoms with Gasteiger partial charge in [0.2, 0.25) is 11.8 Å². The normalized spacial score (nSPS) is 19.5. The third-order valence-corrected chi connectivity index (χ3v) is 4.40. The molecule has 0 unspecified atom stereocenters. The number of nitrogens with zero attached hydrogens (tertiary/aromatic N) is 3. The predicted molar refractivity (Wildman–Crippen MR) is 82.9 cm³/mol. The van der Waals surface area contributed by atoms with Crippen LogP contribution < -0.4 is 5.32 Å². The highest BCUT2D eigenvalue weighted by Crippen LogP contribution is 2.37. The van der Waals surface area contributed by atoms with Gasteiger partial charge in [-0.15, -0.1) is 12.3 Å². The third kappa shape index (κ3) is 4.83. The molecule has 0 saturated carbocycles. The van der Waals surface area contributed by atoms with Crippen LogP contribution in [0.1, 0.15) is 45.4 Å². The van der Waals surface area contributed by atoms with Crippen LogP contribution in [0.15, 0.2) is 10.2 Å². The summed E-state index contributed by atoms with van der Waals surface area (Å²) in [6, 6.07) is 0. The Balaban J connectivity index is 1.65. The fraction of sp³-hybridized carbons (Fsp3) is 0.750. The van der Waals surface area contributed by atoms with E-state index in [0.717, 1.165) is 32.4 Å². The summed E-state index contributed by atoms with van der Waals surface area (Å²) in [5.74, 6) is 3.25. The van der Waals surface area contributed by atoms with Gasteiger partial charge in [0, 0.05) is 52.2 Å². The molecule has 0 spiro atoms. The minimum Gasteiger partial charge on any atom is -0.356 e. The van der Waals surface area contributed by atoms with Crippen LogP contribution in [0.2, 0.25) is 0 Å². The Morgan fingerprint density at radius 1 is 1.32 bits per heavy atom. The Kier molecular flexibility index (Phi) is 5.53. The molecule has 2 rings (SSSR count). The SMILES string of the molecule is C#CCCC1(CCC(=O)N2CCC(CNC(C)=O)CC2)N=N1. The lowest BCUT2D eigenvalue weighted by Crippen LogP contribution is -2.41. The number of piperidine rings is 1. The van der Waals surface area contributed by atoms with Gasteiger partial charge in [-0.2, -0.15) is 10.2 Å². The fourth-order valence-corrected chi connectivity index (χ4v) is 2.81. The van der Waals surface area contributed by atoms with Crippen molar-refractivity contribution in [1.29, 1.82) is 0 Å². The summed E-state index contributed by atoms with van der Waals surface area (Å²) in [6.45, 7) is 3.79. The lowest BCUT2D eigenvalue weighted by Gasteiger charge is -2.32. The number of amides is 2. The van der Waals surface area contributed by atoms with Crippen molar-refractivity contribution in [3.05, 3.63) is 0 Å². The van der Waals surface area contributed by atoms with Crippen LogP contribution in [0.3, 0.4) is 0 Å². The molecule has 0 aliphatic carbocycles. The highest BCUT2D eigenvalue weighted by Gasteiger charge is 2.39. The largest absolute Gasteiger partial charge is 0.356 e. The summed E-state index contributed by atoms with van der Waals surface area (Å²) < 4.78 is 0. The van der Waals surface area contributed by atoms with Crippen molar-refractivity contribution in [3.8, 4) is 12.3 Å². The molecule has 0 aromatic heterocycles. The van der Waals surface area contributed by atoms with E-state index in [1.165, 1.54) is 6.92 Å². The second-order valence-electron chi connectivity index (χ2n) is 6.15. The summed E-state index contributed by atoms with van der Waals surface area (Å²) in [5.41, 5.74) is -0.369. The van der Waals surface area contributed by atoms with Crippen LogP contribution in [-0.2, 0) is 9.59 Å². The van der Waals surface area contributed by atoms with Crippen molar-refractivity contribution in [3.63, 3.8) is 0 Å². The molecule has 0 atom stereocenters. The number of likely N-dealkylation sites (tertiary alicyclic amines) is 1. The zero-order chi connectivity index (χ0) is 16.0. The lowest BCUT2D eigenvalue weighted by molar-refractivity contribution is -0.133. The highest BCUT2D eigenvalue weighted by molar-refractivity contribution is 5.76. The van der Waals surface area contributed by atoms with Gasteiger partial charge in [-0.1, -0.05) is 0 Å². The van der Waals surface area contributed by atoms with Gasteiger partial charge < -0.3 is 10.2 Å². The first-order chi connectivity index (χ1) is 10.5. The maximum atomic E-state index is 12.3. The van der Waals surface area contributed by atoms with Crippen molar-refractivity contribution in [1.82, 2.24) is 10.2 Å². The zero-order valence-electron chi connectivity index (χ0n) is 13.2. The number of nitrogens with one attached hydrogen (secondary N) is 1. The number of carbonyl (C=O) groups excluding carboxylic acids is 2. The summed E-state index contributed by atoms with van der Waals surface area (Å²) in [7, 11) is 0. The summed E-state index contributed by atoms with van der Waals surface area (Å²) >= 11 is 0. The maximum absolute atomic E-state index is 12.3. The molecule has 1 fully saturated rings. The van der Waals surface area contributed by atoms with Gasteiger partial charge in [-0.05, 0) is 18.8 Å². The van der Waals surface area contributed by atoms with Crippen LogP contribution >= 0.6 is 0 Å². The van der Waals surface area contributed by atoms with E-state index >= 15 is 0 Å². The molecule has 2 aliphatic rings. The molecule has 0 radical (unpaired) electrons. The van der Waals surface area contributed by atoms with E-state index < -0.39 is 0 Å². The zero-order valence-corrected chi connectivity index (χ0v) is 13.2. The van der Waals surface area contributed by atoms with E-state index in [2.05, 4.69) is 21.5 Å². The van der Waals surface area contributed by atoms with E-state index in [1.54, 1.807) is 0 Å². The molecule has 0 aromatic rings. The van der Waals surface area contributed by atoms with Crippen molar-refractivity contribution in [2.24, 2.45) is 16.1 Å². The second kappa shape index (κ2) is 7.39. The first-order valence-electron chi connectivity index (χ1n) is 7.94. The summed E-state index contributed by atoms with van der Waals surface area (Å²) in [6.07, 6.45) is 9.69. The van der Waals surface area contributed by atoms with Crippen molar-refractivity contribution in [2.75, 3.05) is 19.6 Å². The Morgan fingerprint density at radius 3 is 2.55 bits per heavy atom. The number of carbonyl (C=O) groups is 2. The van der Waals surface area contributed by atoms with Crippen LogP contribution in [0.5, 0.6) is 0 Å². The molecule has 2 aliphatic heterocycles. The second-order valence-corrected chi connectivity index (χ2v) is 6.15. The lowest BCUT2D eigenvalue weighted by atomic mass is 9.96. The molecule has 0 bridgehead atoms. The molecule has 6 heteroatoms. The Labute approximate surface area is 131 Å². The van der Waals surface area contributed by atoms with Gasteiger partial charge in [-0.25, -0.2) is 0 Å². The average Bonchev–Trinajstić information content (AvgIpc) is 3.29. The van der Waals surface area contributed by atoms with Crippen molar-refractivity contribution < 1.29 is 9.59 Å². The minimum atomic E-state index is -0.369. The molecular weight excluding hydrogens is 280 g/mol. The van der Waals surface area contributed by atoms with Crippen LogP contribution in [0.25, 0.3) is 0 Å². The van der Waals surface area contributed by atoms with Gasteiger partial charge >= 0.3 is 0 Å². The molecule has 0 aromatic carbocycles. The van der Waals surface area contributed by atoms with Gasteiger partial charge in [-0.3, -0.25) is 9.59 Å². The Bertz CT molecular complexity index is 481. The Hall–Kier alpha value is -1.90. The smallest absolute Gasteiger partial charge is 0.222 e. The first kappa shape index (κ1) is 16.5. The topological polar surface area (TPSA) is 74.1 Å². The van der Waals surface area contributed by atoms with E-state index in [9.17, 15) is 9.59 Å². The predicted octanol–water partition coefficient (Wildman–Crippen LogP) is 1.72.